The van der Waals surface area contributed by atoms with Crippen LogP contribution in [-0.2, 0) is 23.8 Å². The molecule has 1 saturated heterocycles. The highest BCUT2D eigenvalue weighted by atomic mass is 16.7. The number of unbranched alkanes of at least 4 members (excludes halogenated alkanes) is 19. The van der Waals surface area contributed by atoms with Crippen molar-refractivity contribution in [1.82, 2.24) is 5.32 Å². The molecule has 1 amide bonds. The summed E-state index contributed by atoms with van der Waals surface area (Å²) in [4.78, 5) is 26.5. The van der Waals surface area contributed by atoms with Crippen molar-refractivity contribution in [2.24, 2.45) is 0 Å². The first-order valence-electron chi connectivity index (χ1n) is 31.7. The van der Waals surface area contributed by atoms with Crippen molar-refractivity contribution in [2.75, 3.05) is 13.2 Å². The third-order valence-electron chi connectivity index (χ3n) is 13.9. The molecule has 11 heteroatoms. The number of ether oxygens (including phenoxy) is 3. The van der Waals surface area contributed by atoms with Gasteiger partial charge in [-0.05, 0) is 89.9 Å². The largest absolute Gasteiger partial charge is 0.454 e. The van der Waals surface area contributed by atoms with Gasteiger partial charge in [0.1, 0.15) is 24.4 Å². The molecule has 1 aliphatic heterocycles. The fourth-order valence-corrected chi connectivity index (χ4v) is 8.92. The number of carbonyl (C=O) groups excluding carboxylic acids is 2. The van der Waals surface area contributed by atoms with E-state index in [1.807, 2.05) is 60.8 Å². The minimum Gasteiger partial charge on any atom is -0.454 e. The van der Waals surface area contributed by atoms with Gasteiger partial charge in [-0.25, -0.2) is 0 Å². The lowest BCUT2D eigenvalue weighted by Gasteiger charge is -2.41. The number of amides is 1. The molecule has 0 aliphatic carbocycles. The summed E-state index contributed by atoms with van der Waals surface area (Å²) in [5.74, 6) is -1.29. The zero-order valence-electron chi connectivity index (χ0n) is 50.6. The van der Waals surface area contributed by atoms with Crippen LogP contribution in [0.25, 0.3) is 0 Å². The average molecular weight is 1130 g/mol. The smallest absolute Gasteiger partial charge is 0.306 e. The molecule has 0 aromatic heterocycles. The minimum absolute atomic E-state index is 0.0952. The van der Waals surface area contributed by atoms with Gasteiger partial charge in [-0.2, -0.15) is 0 Å². The number of allylic oxidation sites excluding steroid dienone is 23. The van der Waals surface area contributed by atoms with Crippen LogP contribution in [0.1, 0.15) is 220 Å². The lowest BCUT2D eigenvalue weighted by atomic mass is 9.99. The molecule has 11 nitrogen and oxygen atoms in total. The van der Waals surface area contributed by atoms with Gasteiger partial charge in [-0.15, -0.1) is 0 Å². The Morgan fingerprint density at radius 1 is 0.506 bits per heavy atom. The van der Waals surface area contributed by atoms with Crippen molar-refractivity contribution in [2.45, 2.75) is 269 Å². The molecule has 1 heterocycles. The summed E-state index contributed by atoms with van der Waals surface area (Å²) < 4.78 is 17.6. The number of aliphatic hydroxyl groups excluding tert-OH is 5. The van der Waals surface area contributed by atoms with Gasteiger partial charge in [-0.3, -0.25) is 9.59 Å². The maximum Gasteiger partial charge on any atom is 0.306 e. The van der Waals surface area contributed by atoms with Crippen molar-refractivity contribution < 1.29 is 49.3 Å². The molecule has 6 N–H and O–H groups in total. The SMILES string of the molecule is CC/C=C\C/C=C\C/C=C\C/C=C\C/C=C\C/C=C\CCCCCCCCCCC(=O)OC1C(OCC(NC(=O)C(O)CC/C=C/C=C\C=C/C=C/C=C/CC)C(O)/C=C/CCCCCCCCCCCCC)OC(CO)C(O)C1O. The summed E-state index contributed by atoms with van der Waals surface area (Å²) in [7, 11) is 0. The van der Waals surface area contributed by atoms with Crippen LogP contribution in [-0.4, -0.2) is 99.6 Å². The van der Waals surface area contributed by atoms with E-state index in [0.717, 1.165) is 103 Å². The van der Waals surface area contributed by atoms with Crippen LogP contribution in [0.5, 0.6) is 0 Å². The summed E-state index contributed by atoms with van der Waals surface area (Å²) in [5.41, 5.74) is 0. The molecule has 1 rings (SSSR count). The third kappa shape index (κ3) is 43.8. The summed E-state index contributed by atoms with van der Waals surface area (Å²) >= 11 is 0. The Kier molecular flexibility index (Phi) is 51.6. The molecular formula is C70H113NO10. The van der Waals surface area contributed by atoms with Crippen LogP contribution >= 0.6 is 0 Å². The van der Waals surface area contributed by atoms with E-state index in [-0.39, 0.29) is 19.4 Å². The van der Waals surface area contributed by atoms with E-state index in [9.17, 15) is 35.1 Å². The first-order valence-corrected chi connectivity index (χ1v) is 31.7. The normalized spacial score (nSPS) is 19.7. The van der Waals surface area contributed by atoms with E-state index in [2.05, 4.69) is 105 Å². The quantitative estimate of drug-likeness (QED) is 0.0149. The van der Waals surface area contributed by atoms with Crippen molar-refractivity contribution >= 4 is 11.9 Å². The number of rotatable bonds is 51. The van der Waals surface area contributed by atoms with Gasteiger partial charge >= 0.3 is 5.97 Å². The number of nitrogens with one attached hydrogen (secondary N) is 1. The van der Waals surface area contributed by atoms with Gasteiger partial charge in [0.15, 0.2) is 12.4 Å². The number of hydrogen-bond donors (Lipinski definition) is 6. The maximum absolute atomic E-state index is 13.4. The van der Waals surface area contributed by atoms with Crippen molar-refractivity contribution in [1.29, 1.82) is 0 Å². The lowest BCUT2D eigenvalue weighted by Crippen LogP contribution is -2.61. The molecule has 0 bridgehead atoms. The molecule has 0 aromatic rings. The van der Waals surface area contributed by atoms with E-state index < -0.39 is 67.4 Å². The summed E-state index contributed by atoms with van der Waals surface area (Å²) in [6.07, 6.45) is 70.5. The van der Waals surface area contributed by atoms with Gasteiger partial charge < -0.3 is 45.1 Å². The molecule has 1 aliphatic rings. The Hall–Kier alpha value is -4.46. The zero-order chi connectivity index (χ0) is 58.9. The molecule has 0 aromatic carbocycles. The second-order valence-corrected chi connectivity index (χ2v) is 21.1. The molecule has 1 fully saturated rings. The standard InChI is InChI=1S/C70H113NO10/c1-4-7-10-13-16-19-22-25-26-27-28-29-30-31-32-33-34-35-36-37-38-40-43-46-49-52-55-58-65(75)81-68-67(77)66(76)64(59-72)80-70(68)79-60-61(62(73)56-53-50-47-44-42-39-23-20-17-14-11-8-5-2)71-69(78)63(74)57-54-51-48-45-41-24-21-18-15-12-9-6-3/h7,9-10,12,15-16,18-19,21,24-26,28-29,31-32,34-35,41,45,48,51,53,56,61-64,66-68,70,72-74,76-77H,4-6,8,11,13-14,17,20,22-23,27,30,33,36-40,42-44,46-47,49-50,52,54-55,57-60H2,1-3H3,(H,71,78)/b10-7-,12-9+,18-15+,19-16-,24-21-,26-25-,29-28-,32-31-,35-34-,45-41-,51-48+,56-53+. The average Bonchev–Trinajstić information content (AvgIpc) is 3.50. The van der Waals surface area contributed by atoms with Gasteiger partial charge in [0.25, 0.3) is 0 Å². The predicted octanol–water partition coefficient (Wildman–Crippen LogP) is 15.4. The molecule has 0 radical (unpaired) electrons. The van der Waals surface area contributed by atoms with Crippen LogP contribution < -0.4 is 5.32 Å². The number of esters is 1. The van der Waals surface area contributed by atoms with E-state index in [0.29, 0.717) is 12.8 Å². The zero-order valence-corrected chi connectivity index (χ0v) is 50.6. The third-order valence-corrected chi connectivity index (χ3v) is 13.9. The molecule has 8 atom stereocenters. The van der Waals surface area contributed by atoms with Gasteiger partial charge in [0, 0.05) is 6.42 Å². The van der Waals surface area contributed by atoms with Crippen LogP contribution in [0.4, 0.5) is 0 Å². The highest BCUT2D eigenvalue weighted by Crippen LogP contribution is 2.26. The van der Waals surface area contributed by atoms with E-state index in [4.69, 9.17) is 14.2 Å². The summed E-state index contributed by atoms with van der Waals surface area (Å²) in [6, 6.07) is -1.07. The Bertz CT molecular complexity index is 1870. The van der Waals surface area contributed by atoms with Gasteiger partial charge in [0.2, 0.25) is 5.91 Å². The molecule has 0 spiro atoms. The number of carbonyl (C=O) groups is 2. The molecule has 8 unspecified atom stereocenters. The second kappa shape index (κ2) is 56.0. The second-order valence-electron chi connectivity index (χ2n) is 21.1. The maximum atomic E-state index is 13.4. The number of aliphatic hydroxyl groups is 5. The van der Waals surface area contributed by atoms with E-state index in [1.54, 1.807) is 6.08 Å². The minimum atomic E-state index is -1.64. The van der Waals surface area contributed by atoms with Crippen LogP contribution in [0.3, 0.4) is 0 Å². The molecule has 458 valence electrons. The molecule has 81 heavy (non-hydrogen) atoms. The summed E-state index contributed by atoms with van der Waals surface area (Å²) in [6.45, 7) is 5.46. The fourth-order valence-electron chi connectivity index (χ4n) is 8.92. The Labute approximate surface area is 492 Å². The highest BCUT2D eigenvalue weighted by molar-refractivity contribution is 5.80. The first-order chi connectivity index (χ1) is 39.7. The Morgan fingerprint density at radius 3 is 1.46 bits per heavy atom. The molecule has 0 saturated carbocycles. The number of hydrogen-bond acceptors (Lipinski definition) is 10. The fraction of sp³-hybridized carbons (Fsp3) is 0.629. The lowest BCUT2D eigenvalue weighted by molar-refractivity contribution is -0.305. The van der Waals surface area contributed by atoms with Crippen LogP contribution in [0, 0.1) is 0 Å². The van der Waals surface area contributed by atoms with Gasteiger partial charge in [0.05, 0.1) is 25.4 Å². The van der Waals surface area contributed by atoms with Gasteiger partial charge in [-0.1, -0.05) is 269 Å². The van der Waals surface area contributed by atoms with E-state index >= 15 is 0 Å². The van der Waals surface area contributed by atoms with Crippen molar-refractivity contribution in [3.8, 4) is 0 Å². The Morgan fingerprint density at radius 2 is 0.951 bits per heavy atom. The molecular weight excluding hydrogens is 1010 g/mol. The topological polar surface area (TPSA) is 175 Å². The van der Waals surface area contributed by atoms with Crippen LogP contribution in [0.2, 0.25) is 0 Å². The summed E-state index contributed by atoms with van der Waals surface area (Å²) in [5, 5.41) is 56.8. The Balaban J connectivity index is 2.64. The highest BCUT2D eigenvalue weighted by Gasteiger charge is 2.47. The predicted molar refractivity (Wildman–Crippen MR) is 337 cm³/mol. The first kappa shape index (κ1) is 74.6. The van der Waals surface area contributed by atoms with Crippen molar-refractivity contribution in [3.63, 3.8) is 0 Å². The van der Waals surface area contributed by atoms with E-state index in [1.165, 1.54) is 70.6 Å². The monoisotopic (exact) mass is 1130 g/mol. The van der Waals surface area contributed by atoms with Crippen molar-refractivity contribution in [3.05, 3.63) is 146 Å². The van der Waals surface area contributed by atoms with Crippen LogP contribution in [0.15, 0.2) is 146 Å².